The van der Waals surface area contributed by atoms with Crippen LogP contribution < -0.4 is 10.6 Å². The van der Waals surface area contributed by atoms with Crippen molar-refractivity contribution in [2.75, 3.05) is 45.7 Å². The lowest BCUT2D eigenvalue weighted by Crippen LogP contribution is -2.39. The number of likely N-dealkylation sites (N-methyl/N-ethyl adjacent to an activating group) is 1. The van der Waals surface area contributed by atoms with Gasteiger partial charge in [-0.1, -0.05) is 18.2 Å². The molecule has 1 aromatic rings. The molecule has 0 fully saturated rings. The molecule has 1 unspecified atom stereocenters. The number of carbonyl (C=O) groups excluding carboxylic acids is 1. The first-order chi connectivity index (χ1) is 9.59. The normalized spacial score (nSPS) is 12.4. The summed E-state index contributed by atoms with van der Waals surface area (Å²) in [6.45, 7) is 4.73. The number of nitrogens with one attached hydrogen (secondary N) is 2. The average Bonchev–Trinajstić information content (AvgIpc) is 2.43. The maximum Gasteiger partial charge on any atom is 0.241 e. The van der Waals surface area contributed by atoms with Crippen LogP contribution in [0.4, 0.5) is 5.69 Å². The van der Waals surface area contributed by atoms with E-state index in [0.29, 0.717) is 19.8 Å². The molecule has 0 radical (unpaired) electrons. The molecule has 5 nitrogen and oxygen atoms in total. The first kappa shape index (κ1) is 16.6. The quantitative estimate of drug-likeness (QED) is 0.667. The second-order valence-electron chi connectivity index (χ2n) is 4.95. The summed E-state index contributed by atoms with van der Waals surface area (Å²) in [5, 5.41) is 6.00. The van der Waals surface area contributed by atoms with Crippen LogP contribution in [0.1, 0.15) is 6.92 Å². The number of amides is 1. The van der Waals surface area contributed by atoms with Crippen molar-refractivity contribution in [3.8, 4) is 0 Å². The van der Waals surface area contributed by atoms with Gasteiger partial charge in [-0.3, -0.25) is 4.79 Å². The van der Waals surface area contributed by atoms with E-state index < -0.39 is 0 Å². The number of rotatable bonds is 9. The van der Waals surface area contributed by atoms with E-state index in [4.69, 9.17) is 4.74 Å². The van der Waals surface area contributed by atoms with Gasteiger partial charge >= 0.3 is 0 Å². The Kier molecular flexibility index (Phi) is 7.87. The number of ether oxygens (including phenoxy) is 1. The molecule has 0 spiro atoms. The molecule has 1 amide bonds. The molecule has 0 aromatic heterocycles. The summed E-state index contributed by atoms with van der Waals surface area (Å²) in [4.78, 5) is 14.0. The summed E-state index contributed by atoms with van der Waals surface area (Å²) in [6.07, 6.45) is 0. The molecular weight excluding hydrogens is 254 g/mol. The average molecular weight is 279 g/mol. The van der Waals surface area contributed by atoms with Gasteiger partial charge < -0.3 is 20.3 Å². The molecule has 112 valence electrons. The third-order valence-electron chi connectivity index (χ3n) is 2.81. The van der Waals surface area contributed by atoms with E-state index in [-0.39, 0.29) is 11.9 Å². The fraction of sp³-hybridized carbons (Fsp3) is 0.533. The molecule has 0 saturated heterocycles. The zero-order valence-electron chi connectivity index (χ0n) is 12.6. The van der Waals surface area contributed by atoms with Crippen LogP contribution in [-0.4, -0.2) is 57.2 Å². The van der Waals surface area contributed by atoms with E-state index in [1.807, 2.05) is 51.4 Å². The molecule has 20 heavy (non-hydrogen) atoms. The monoisotopic (exact) mass is 279 g/mol. The minimum atomic E-state index is -0.243. The van der Waals surface area contributed by atoms with Gasteiger partial charge in [-0.25, -0.2) is 0 Å². The van der Waals surface area contributed by atoms with Crippen LogP contribution in [0.2, 0.25) is 0 Å². The topological polar surface area (TPSA) is 53.6 Å². The smallest absolute Gasteiger partial charge is 0.241 e. The fourth-order valence-electron chi connectivity index (χ4n) is 1.56. The number of benzene rings is 1. The number of hydrogen-bond acceptors (Lipinski definition) is 4. The number of anilines is 1. The standard InChI is InChI=1S/C15H25N3O2/c1-13(16-9-11-20-12-10-18(2)3)15(19)17-14-7-5-4-6-8-14/h4-8,13,16H,9-12H2,1-3H3,(H,17,19). The summed E-state index contributed by atoms with van der Waals surface area (Å²) in [5.41, 5.74) is 0.813. The van der Waals surface area contributed by atoms with Crippen LogP contribution >= 0.6 is 0 Å². The summed E-state index contributed by atoms with van der Waals surface area (Å²) in [7, 11) is 4.02. The molecular formula is C15H25N3O2. The van der Waals surface area contributed by atoms with Crippen LogP contribution in [0.15, 0.2) is 30.3 Å². The summed E-state index contributed by atoms with van der Waals surface area (Å²) >= 11 is 0. The van der Waals surface area contributed by atoms with Crippen molar-refractivity contribution in [2.45, 2.75) is 13.0 Å². The Morgan fingerprint density at radius 1 is 1.25 bits per heavy atom. The highest BCUT2D eigenvalue weighted by molar-refractivity contribution is 5.94. The number of carbonyl (C=O) groups is 1. The first-order valence-electron chi connectivity index (χ1n) is 6.91. The minimum absolute atomic E-state index is 0.0375. The minimum Gasteiger partial charge on any atom is -0.379 e. The molecule has 0 aliphatic rings. The molecule has 1 aromatic carbocycles. The molecule has 5 heteroatoms. The number of hydrogen-bond donors (Lipinski definition) is 2. The van der Waals surface area contributed by atoms with Gasteiger partial charge in [0.1, 0.15) is 0 Å². The number of nitrogens with zero attached hydrogens (tertiary/aromatic N) is 1. The maximum absolute atomic E-state index is 11.9. The van der Waals surface area contributed by atoms with E-state index in [2.05, 4.69) is 15.5 Å². The lowest BCUT2D eigenvalue weighted by atomic mass is 10.2. The molecule has 0 bridgehead atoms. The third-order valence-corrected chi connectivity index (χ3v) is 2.81. The van der Waals surface area contributed by atoms with Crippen LogP contribution in [0.5, 0.6) is 0 Å². The van der Waals surface area contributed by atoms with Crippen LogP contribution in [-0.2, 0) is 9.53 Å². The van der Waals surface area contributed by atoms with Crippen LogP contribution in [0, 0.1) is 0 Å². The predicted molar refractivity (Wildman–Crippen MR) is 81.9 cm³/mol. The van der Waals surface area contributed by atoms with Crippen molar-refractivity contribution < 1.29 is 9.53 Å². The highest BCUT2D eigenvalue weighted by atomic mass is 16.5. The van der Waals surface area contributed by atoms with Gasteiger partial charge in [-0.2, -0.15) is 0 Å². The molecule has 0 heterocycles. The largest absolute Gasteiger partial charge is 0.379 e. The molecule has 0 aliphatic carbocycles. The van der Waals surface area contributed by atoms with Crippen molar-refractivity contribution >= 4 is 11.6 Å². The van der Waals surface area contributed by atoms with Crippen molar-refractivity contribution in [3.05, 3.63) is 30.3 Å². The van der Waals surface area contributed by atoms with Crippen molar-refractivity contribution in [1.82, 2.24) is 10.2 Å². The SMILES string of the molecule is CC(NCCOCCN(C)C)C(=O)Nc1ccccc1. The molecule has 0 aliphatic heterocycles. The second kappa shape index (κ2) is 9.47. The van der Waals surface area contributed by atoms with Gasteiger partial charge in [0.2, 0.25) is 5.91 Å². The highest BCUT2D eigenvalue weighted by Crippen LogP contribution is 2.05. The number of para-hydroxylation sites is 1. The Balaban J connectivity index is 2.13. The van der Waals surface area contributed by atoms with Crippen molar-refractivity contribution in [2.24, 2.45) is 0 Å². The van der Waals surface area contributed by atoms with Gasteiger partial charge in [-0.05, 0) is 33.2 Å². The van der Waals surface area contributed by atoms with Gasteiger partial charge in [0.15, 0.2) is 0 Å². The maximum atomic E-state index is 11.9. The van der Waals surface area contributed by atoms with Crippen molar-refractivity contribution in [3.63, 3.8) is 0 Å². The van der Waals surface area contributed by atoms with Gasteiger partial charge in [0.05, 0.1) is 19.3 Å². The summed E-state index contributed by atoms with van der Waals surface area (Å²) in [6, 6.07) is 9.21. The Hall–Kier alpha value is -1.43. The highest BCUT2D eigenvalue weighted by Gasteiger charge is 2.11. The first-order valence-corrected chi connectivity index (χ1v) is 6.91. The molecule has 2 N–H and O–H groups in total. The zero-order chi connectivity index (χ0) is 14.8. The van der Waals surface area contributed by atoms with E-state index in [9.17, 15) is 4.79 Å². The molecule has 0 saturated carbocycles. The van der Waals surface area contributed by atoms with Gasteiger partial charge in [-0.15, -0.1) is 0 Å². The Labute approximate surface area is 121 Å². The lowest BCUT2D eigenvalue weighted by molar-refractivity contribution is -0.117. The summed E-state index contributed by atoms with van der Waals surface area (Å²) < 4.78 is 5.46. The van der Waals surface area contributed by atoms with Crippen LogP contribution in [0.25, 0.3) is 0 Å². The van der Waals surface area contributed by atoms with E-state index in [0.717, 1.165) is 12.2 Å². The van der Waals surface area contributed by atoms with E-state index in [1.165, 1.54) is 0 Å². The lowest BCUT2D eigenvalue weighted by Gasteiger charge is -2.14. The fourth-order valence-corrected chi connectivity index (χ4v) is 1.56. The summed E-state index contributed by atoms with van der Waals surface area (Å²) in [5.74, 6) is -0.0375. The van der Waals surface area contributed by atoms with Gasteiger partial charge in [0.25, 0.3) is 0 Å². The second-order valence-corrected chi connectivity index (χ2v) is 4.95. The van der Waals surface area contributed by atoms with E-state index >= 15 is 0 Å². The molecule has 1 atom stereocenters. The van der Waals surface area contributed by atoms with Crippen LogP contribution in [0.3, 0.4) is 0 Å². The Morgan fingerprint density at radius 3 is 2.60 bits per heavy atom. The third kappa shape index (κ3) is 7.23. The molecule has 1 rings (SSSR count). The Bertz CT molecular complexity index is 382. The predicted octanol–water partition coefficient (Wildman–Crippen LogP) is 1.18. The van der Waals surface area contributed by atoms with Gasteiger partial charge in [0, 0.05) is 18.8 Å². The van der Waals surface area contributed by atoms with Crippen molar-refractivity contribution in [1.29, 1.82) is 0 Å². The zero-order valence-corrected chi connectivity index (χ0v) is 12.6. The van der Waals surface area contributed by atoms with E-state index in [1.54, 1.807) is 0 Å². The Morgan fingerprint density at radius 2 is 1.95 bits per heavy atom.